The molecule has 0 radical (unpaired) electrons. The van der Waals surface area contributed by atoms with E-state index in [0.717, 1.165) is 18.7 Å². The van der Waals surface area contributed by atoms with Crippen LogP contribution in [0.15, 0.2) is 12.1 Å². The molecule has 0 amide bonds. The van der Waals surface area contributed by atoms with Gasteiger partial charge < -0.3 is 10.1 Å². The van der Waals surface area contributed by atoms with Crippen LogP contribution in [0.1, 0.15) is 19.3 Å². The Labute approximate surface area is 94.0 Å². The van der Waals surface area contributed by atoms with E-state index in [1.54, 1.807) is 13.2 Å². The van der Waals surface area contributed by atoms with Crippen LogP contribution in [-0.2, 0) is 4.74 Å². The van der Waals surface area contributed by atoms with Crippen LogP contribution in [-0.4, -0.2) is 29.5 Å². The van der Waals surface area contributed by atoms with Crippen LogP contribution >= 0.6 is 11.6 Å². The second-order valence-corrected chi connectivity index (χ2v) is 4.08. The molecule has 2 atom stereocenters. The number of anilines is 1. The van der Waals surface area contributed by atoms with Gasteiger partial charge >= 0.3 is 0 Å². The fraction of sp³-hybridized carbons (Fsp3) is 0.600. The van der Waals surface area contributed by atoms with Gasteiger partial charge in [0.2, 0.25) is 0 Å². The molecule has 1 saturated carbocycles. The third-order valence-corrected chi connectivity index (χ3v) is 2.92. The molecule has 1 aliphatic rings. The maximum Gasteiger partial charge on any atom is 0.151 e. The highest BCUT2D eigenvalue weighted by molar-refractivity contribution is 6.29. The van der Waals surface area contributed by atoms with Crippen molar-refractivity contribution in [3.8, 4) is 0 Å². The summed E-state index contributed by atoms with van der Waals surface area (Å²) in [5, 5.41) is 11.5. The van der Waals surface area contributed by atoms with Crippen molar-refractivity contribution in [2.45, 2.75) is 31.4 Å². The van der Waals surface area contributed by atoms with Crippen molar-refractivity contribution in [1.29, 1.82) is 0 Å². The van der Waals surface area contributed by atoms with Gasteiger partial charge in [-0.15, -0.1) is 10.2 Å². The van der Waals surface area contributed by atoms with Crippen molar-refractivity contribution >= 4 is 17.4 Å². The SMILES string of the molecule is COC1CCCC1Nc1ccc(Cl)nn1. The molecule has 1 aromatic heterocycles. The Morgan fingerprint density at radius 1 is 1.40 bits per heavy atom. The molecule has 1 aromatic rings. The summed E-state index contributed by atoms with van der Waals surface area (Å²) in [5.41, 5.74) is 0. The first-order valence-corrected chi connectivity index (χ1v) is 5.46. The Balaban J connectivity index is 1.99. The van der Waals surface area contributed by atoms with Crippen molar-refractivity contribution < 1.29 is 4.74 Å². The van der Waals surface area contributed by atoms with Crippen LogP contribution in [0.5, 0.6) is 0 Å². The van der Waals surface area contributed by atoms with E-state index in [1.807, 2.05) is 6.07 Å². The molecular weight excluding hydrogens is 214 g/mol. The lowest BCUT2D eigenvalue weighted by Gasteiger charge is -2.19. The highest BCUT2D eigenvalue weighted by Crippen LogP contribution is 2.24. The topological polar surface area (TPSA) is 47.0 Å². The van der Waals surface area contributed by atoms with Crippen molar-refractivity contribution in [2.75, 3.05) is 12.4 Å². The van der Waals surface area contributed by atoms with E-state index in [9.17, 15) is 0 Å². The standard InChI is InChI=1S/C10H14ClN3O/c1-15-8-4-2-3-7(8)12-10-6-5-9(11)13-14-10/h5-8H,2-4H2,1H3,(H,12,14). The zero-order chi connectivity index (χ0) is 10.7. The molecule has 2 unspecified atom stereocenters. The van der Waals surface area contributed by atoms with Crippen LogP contribution < -0.4 is 5.32 Å². The lowest BCUT2D eigenvalue weighted by Crippen LogP contribution is -2.30. The third kappa shape index (κ3) is 2.58. The molecule has 0 aromatic carbocycles. The molecule has 0 saturated heterocycles. The normalized spacial score (nSPS) is 25.5. The highest BCUT2D eigenvalue weighted by Gasteiger charge is 2.27. The maximum atomic E-state index is 5.66. The molecule has 4 nitrogen and oxygen atoms in total. The number of hydrogen-bond acceptors (Lipinski definition) is 4. The first kappa shape index (κ1) is 10.6. The van der Waals surface area contributed by atoms with E-state index in [-0.39, 0.29) is 6.10 Å². The first-order chi connectivity index (χ1) is 7.29. The van der Waals surface area contributed by atoms with Crippen LogP contribution in [0, 0.1) is 0 Å². The minimum Gasteiger partial charge on any atom is -0.379 e. The summed E-state index contributed by atoms with van der Waals surface area (Å²) in [5.74, 6) is 0.758. The van der Waals surface area contributed by atoms with Crippen molar-refractivity contribution in [3.05, 3.63) is 17.3 Å². The number of rotatable bonds is 3. The van der Waals surface area contributed by atoms with Gasteiger partial charge in [-0.2, -0.15) is 0 Å². The molecule has 1 N–H and O–H groups in total. The molecule has 15 heavy (non-hydrogen) atoms. The predicted octanol–water partition coefficient (Wildman–Crippen LogP) is 2.11. The molecule has 0 spiro atoms. The zero-order valence-electron chi connectivity index (χ0n) is 8.61. The van der Waals surface area contributed by atoms with Gasteiger partial charge in [0.05, 0.1) is 12.1 Å². The molecule has 0 bridgehead atoms. The Hall–Kier alpha value is -0.870. The van der Waals surface area contributed by atoms with Crippen molar-refractivity contribution in [2.24, 2.45) is 0 Å². The third-order valence-electron chi connectivity index (χ3n) is 2.72. The smallest absolute Gasteiger partial charge is 0.151 e. The van der Waals surface area contributed by atoms with Crippen LogP contribution in [0.2, 0.25) is 5.15 Å². The van der Waals surface area contributed by atoms with Crippen molar-refractivity contribution in [3.63, 3.8) is 0 Å². The summed E-state index contributed by atoms with van der Waals surface area (Å²) in [4.78, 5) is 0. The lowest BCUT2D eigenvalue weighted by molar-refractivity contribution is 0.101. The van der Waals surface area contributed by atoms with Gasteiger partial charge in [0.25, 0.3) is 0 Å². The van der Waals surface area contributed by atoms with Gasteiger partial charge in [-0.1, -0.05) is 11.6 Å². The van der Waals surface area contributed by atoms with Gasteiger partial charge in [0.15, 0.2) is 5.15 Å². The zero-order valence-corrected chi connectivity index (χ0v) is 9.37. The molecule has 5 heteroatoms. The van der Waals surface area contributed by atoms with E-state index >= 15 is 0 Å². The molecule has 1 fully saturated rings. The molecule has 0 aliphatic heterocycles. The summed E-state index contributed by atoms with van der Waals surface area (Å²) in [6, 6.07) is 3.90. The van der Waals surface area contributed by atoms with Crippen LogP contribution in [0.25, 0.3) is 0 Å². The minimum atomic E-state index is 0.280. The second-order valence-electron chi connectivity index (χ2n) is 3.70. The van der Waals surface area contributed by atoms with Gasteiger partial charge in [-0.05, 0) is 31.4 Å². The van der Waals surface area contributed by atoms with E-state index in [1.165, 1.54) is 6.42 Å². The summed E-state index contributed by atoms with van der Waals surface area (Å²) in [7, 11) is 1.75. The molecule has 1 heterocycles. The van der Waals surface area contributed by atoms with Crippen LogP contribution in [0.3, 0.4) is 0 Å². The van der Waals surface area contributed by atoms with E-state index in [0.29, 0.717) is 11.2 Å². The molecule has 1 aliphatic carbocycles. The average molecular weight is 228 g/mol. The summed E-state index contributed by atoms with van der Waals surface area (Å²) < 4.78 is 5.38. The fourth-order valence-corrected chi connectivity index (χ4v) is 2.06. The predicted molar refractivity (Wildman–Crippen MR) is 59.1 cm³/mol. The van der Waals surface area contributed by atoms with Gasteiger partial charge in [0.1, 0.15) is 5.82 Å². The fourth-order valence-electron chi connectivity index (χ4n) is 1.96. The number of aromatic nitrogens is 2. The van der Waals surface area contributed by atoms with Crippen LogP contribution in [0.4, 0.5) is 5.82 Å². The van der Waals surface area contributed by atoms with E-state index < -0.39 is 0 Å². The van der Waals surface area contributed by atoms with Gasteiger partial charge in [0, 0.05) is 7.11 Å². The first-order valence-electron chi connectivity index (χ1n) is 5.08. The maximum absolute atomic E-state index is 5.66. The second kappa shape index (κ2) is 4.77. The van der Waals surface area contributed by atoms with E-state index in [2.05, 4.69) is 15.5 Å². The largest absolute Gasteiger partial charge is 0.379 e. The van der Waals surface area contributed by atoms with E-state index in [4.69, 9.17) is 16.3 Å². The summed E-state index contributed by atoms with van der Waals surface area (Å²) in [6.07, 6.45) is 3.69. The summed E-state index contributed by atoms with van der Waals surface area (Å²) >= 11 is 5.66. The number of hydrogen-bond donors (Lipinski definition) is 1. The number of ether oxygens (including phenoxy) is 1. The molecule has 2 rings (SSSR count). The number of halogens is 1. The molecular formula is C10H14ClN3O. The number of nitrogens with one attached hydrogen (secondary N) is 1. The Bertz CT molecular complexity index is 317. The average Bonchev–Trinajstić information content (AvgIpc) is 2.69. The van der Waals surface area contributed by atoms with Gasteiger partial charge in [-0.25, -0.2) is 0 Å². The van der Waals surface area contributed by atoms with Crippen molar-refractivity contribution in [1.82, 2.24) is 10.2 Å². The molecule has 82 valence electrons. The minimum absolute atomic E-state index is 0.280. The Morgan fingerprint density at radius 3 is 2.93 bits per heavy atom. The Kier molecular flexibility index (Phi) is 3.38. The summed E-state index contributed by atoms with van der Waals surface area (Å²) in [6.45, 7) is 0. The quantitative estimate of drug-likeness (QED) is 0.859. The Morgan fingerprint density at radius 2 is 2.27 bits per heavy atom. The lowest BCUT2D eigenvalue weighted by atomic mass is 10.2. The van der Waals surface area contributed by atoms with Gasteiger partial charge in [-0.3, -0.25) is 0 Å². The highest BCUT2D eigenvalue weighted by atomic mass is 35.5. The monoisotopic (exact) mass is 227 g/mol. The number of methoxy groups -OCH3 is 1. The number of nitrogens with zero attached hydrogens (tertiary/aromatic N) is 2.